The molecular weight excluding hydrogens is 365 g/mol. The molecular formula is C18H19Cl2NO4. The van der Waals surface area contributed by atoms with E-state index >= 15 is 0 Å². The molecule has 1 atom stereocenters. The van der Waals surface area contributed by atoms with Gasteiger partial charge in [-0.3, -0.25) is 4.79 Å². The molecule has 2 aromatic carbocycles. The van der Waals surface area contributed by atoms with E-state index in [0.717, 1.165) is 5.56 Å². The Labute approximate surface area is 156 Å². The van der Waals surface area contributed by atoms with Crippen LogP contribution in [0.4, 0.5) is 0 Å². The third-order valence-corrected chi connectivity index (χ3v) is 3.96. The van der Waals surface area contributed by atoms with Crippen molar-refractivity contribution in [1.29, 1.82) is 0 Å². The summed E-state index contributed by atoms with van der Waals surface area (Å²) < 4.78 is 10.5. The van der Waals surface area contributed by atoms with Gasteiger partial charge in [-0.1, -0.05) is 35.3 Å². The molecule has 134 valence electrons. The third-order valence-electron chi connectivity index (χ3n) is 3.39. The molecule has 25 heavy (non-hydrogen) atoms. The number of hydrogen-bond acceptors (Lipinski definition) is 4. The molecule has 0 aromatic heterocycles. The summed E-state index contributed by atoms with van der Waals surface area (Å²) in [6.07, 6.45) is -0.853. The van der Waals surface area contributed by atoms with E-state index in [9.17, 15) is 9.90 Å². The number of ether oxygens (including phenoxy) is 2. The zero-order valence-corrected chi connectivity index (χ0v) is 15.4. The number of nitrogens with one attached hydrogen (secondary N) is 1. The average Bonchev–Trinajstić information content (AvgIpc) is 2.57. The van der Waals surface area contributed by atoms with Crippen LogP contribution >= 0.6 is 23.2 Å². The van der Waals surface area contributed by atoms with Gasteiger partial charge in [0.1, 0.15) is 18.5 Å². The number of aliphatic hydroxyl groups excluding tert-OH is 1. The highest BCUT2D eigenvalue weighted by Gasteiger charge is 2.15. The molecule has 0 aliphatic rings. The predicted octanol–water partition coefficient (Wildman–Crippen LogP) is 3.48. The molecule has 0 saturated carbocycles. The van der Waals surface area contributed by atoms with E-state index in [2.05, 4.69) is 5.32 Å². The van der Waals surface area contributed by atoms with Gasteiger partial charge >= 0.3 is 0 Å². The average molecular weight is 384 g/mol. The Bertz CT molecular complexity index is 729. The second-order valence-electron chi connectivity index (χ2n) is 5.46. The van der Waals surface area contributed by atoms with Gasteiger partial charge in [-0.15, -0.1) is 0 Å². The first kappa shape index (κ1) is 19.4. The molecule has 0 heterocycles. The fourth-order valence-corrected chi connectivity index (χ4v) is 2.80. The lowest BCUT2D eigenvalue weighted by Crippen LogP contribution is -2.35. The van der Waals surface area contributed by atoms with Crippen LogP contribution in [0, 0.1) is 6.92 Å². The lowest BCUT2D eigenvalue weighted by molar-refractivity contribution is 0.0843. The Balaban J connectivity index is 1.87. The number of hydrogen-bond donors (Lipinski definition) is 2. The molecule has 0 aliphatic carbocycles. The van der Waals surface area contributed by atoms with E-state index in [4.69, 9.17) is 32.7 Å². The van der Waals surface area contributed by atoms with Crippen molar-refractivity contribution in [2.75, 3.05) is 20.3 Å². The van der Waals surface area contributed by atoms with Gasteiger partial charge in [0.2, 0.25) is 0 Å². The van der Waals surface area contributed by atoms with E-state index in [1.807, 2.05) is 25.1 Å². The monoisotopic (exact) mass is 383 g/mol. The number of aliphatic hydroxyl groups is 1. The molecule has 1 amide bonds. The molecule has 0 spiro atoms. The molecule has 2 N–H and O–H groups in total. The highest BCUT2D eigenvalue weighted by molar-refractivity contribution is 6.37. The fourth-order valence-electron chi connectivity index (χ4n) is 2.16. The molecule has 5 nitrogen and oxygen atoms in total. The van der Waals surface area contributed by atoms with Crippen molar-refractivity contribution in [3.05, 3.63) is 57.6 Å². The van der Waals surface area contributed by atoms with Crippen LogP contribution in [0.2, 0.25) is 10.0 Å². The number of carbonyl (C=O) groups excluding carboxylic acids is 1. The minimum Gasteiger partial charge on any atom is -0.494 e. The number of benzene rings is 2. The van der Waals surface area contributed by atoms with E-state index in [0.29, 0.717) is 11.5 Å². The van der Waals surface area contributed by atoms with Crippen molar-refractivity contribution in [3.63, 3.8) is 0 Å². The van der Waals surface area contributed by atoms with Crippen LogP contribution in [0.1, 0.15) is 15.9 Å². The zero-order chi connectivity index (χ0) is 18.4. The van der Waals surface area contributed by atoms with Gasteiger partial charge in [0.15, 0.2) is 5.75 Å². The highest BCUT2D eigenvalue weighted by Crippen LogP contribution is 2.33. The first-order valence-corrected chi connectivity index (χ1v) is 8.35. The molecule has 0 fully saturated rings. The van der Waals surface area contributed by atoms with E-state index in [1.165, 1.54) is 19.2 Å². The summed E-state index contributed by atoms with van der Waals surface area (Å²) in [6.45, 7) is 2.05. The third kappa shape index (κ3) is 5.53. The number of methoxy groups -OCH3 is 1. The number of amides is 1. The molecule has 2 aromatic rings. The molecule has 7 heteroatoms. The second-order valence-corrected chi connectivity index (χ2v) is 6.28. The van der Waals surface area contributed by atoms with Crippen LogP contribution in [-0.4, -0.2) is 37.4 Å². The Kier molecular flexibility index (Phi) is 6.93. The van der Waals surface area contributed by atoms with Gasteiger partial charge in [-0.2, -0.15) is 0 Å². The Morgan fingerprint density at radius 2 is 1.92 bits per heavy atom. The summed E-state index contributed by atoms with van der Waals surface area (Å²) in [7, 11) is 1.44. The molecule has 0 saturated heterocycles. The van der Waals surface area contributed by atoms with Gasteiger partial charge in [0, 0.05) is 12.1 Å². The maximum atomic E-state index is 12.2. The van der Waals surface area contributed by atoms with Gasteiger partial charge in [-0.25, -0.2) is 0 Å². The normalized spacial score (nSPS) is 11.7. The second kappa shape index (κ2) is 8.94. The fraction of sp³-hybridized carbons (Fsp3) is 0.278. The van der Waals surface area contributed by atoms with Crippen molar-refractivity contribution in [3.8, 4) is 11.5 Å². The van der Waals surface area contributed by atoms with Crippen LogP contribution in [0.3, 0.4) is 0 Å². The largest absolute Gasteiger partial charge is 0.494 e. The number of carbonyl (C=O) groups is 1. The zero-order valence-electron chi connectivity index (χ0n) is 13.9. The molecule has 0 aliphatic heterocycles. The highest BCUT2D eigenvalue weighted by atomic mass is 35.5. The lowest BCUT2D eigenvalue weighted by atomic mass is 10.2. The van der Waals surface area contributed by atoms with Gasteiger partial charge in [0.25, 0.3) is 5.91 Å². The van der Waals surface area contributed by atoms with Gasteiger partial charge < -0.3 is 19.9 Å². The van der Waals surface area contributed by atoms with E-state index < -0.39 is 12.0 Å². The van der Waals surface area contributed by atoms with E-state index in [1.54, 1.807) is 6.07 Å². The smallest absolute Gasteiger partial charge is 0.251 e. The number of aryl methyl sites for hydroxylation is 1. The number of halogens is 2. The number of rotatable bonds is 7. The first-order valence-electron chi connectivity index (χ1n) is 7.59. The molecule has 2 rings (SSSR count). The summed E-state index contributed by atoms with van der Waals surface area (Å²) in [4.78, 5) is 12.2. The van der Waals surface area contributed by atoms with Crippen molar-refractivity contribution in [2.24, 2.45) is 0 Å². The Morgan fingerprint density at radius 3 is 2.52 bits per heavy atom. The quantitative estimate of drug-likeness (QED) is 0.767. The summed E-state index contributed by atoms with van der Waals surface area (Å²) in [6, 6.07) is 10.4. The SMILES string of the molecule is COc1c(Cl)cc(C(=O)NCC(O)COc2cccc(C)c2)cc1Cl. The minimum absolute atomic E-state index is 0.0336. The summed E-state index contributed by atoms with van der Waals surface area (Å²) in [5.74, 6) is 0.576. The van der Waals surface area contributed by atoms with Crippen LogP contribution in [0.5, 0.6) is 11.5 Å². The lowest BCUT2D eigenvalue weighted by Gasteiger charge is -2.14. The predicted molar refractivity (Wildman–Crippen MR) is 98.0 cm³/mol. The maximum Gasteiger partial charge on any atom is 0.251 e. The standard InChI is InChI=1S/C18H19Cl2NO4/c1-11-4-3-5-14(6-11)25-10-13(22)9-21-18(23)12-7-15(19)17(24-2)16(20)8-12/h3-8,13,22H,9-10H2,1-2H3,(H,21,23). The van der Waals surface area contributed by atoms with Crippen molar-refractivity contribution in [1.82, 2.24) is 5.32 Å². The Morgan fingerprint density at radius 1 is 1.24 bits per heavy atom. The van der Waals surface area contributed by atoms with Gasteiger partial charge in [0.05, 0.1) is 17.2 Å². The summed E-state index contributed by atoms with van der Waals surface area (Å²) in [5.41, 5.74) is 1.34. The van der Waals surface area contributed by atoms with Gasteiger partial charge in [-0.05, 0) is 36.8 Å². The van der Waals surface area contributed by atoms with Crippen LogP contribution in [0.15, 0.2) is 36.4 Å². The molecule has 0 bridgehead atoms. The Hall–Kier alpha value is -1.95. The van der Waals surface area contributed by atoms with E-state index in [-0.39, 0.29) is 28.8 Å². The minimum atomic E-state index is -0.853. The maximum absolute atomic E-state index is 12.2. The van der Waals surface area contributed by atoms with Crippen molar-refractivity contribution in [2.45, 2.75) is 13.0 Å². The van der Waals surface area contributed by atoms with Crippen molar-refractivity contribution < 1.29 is 19.4 Å². The molecule has 0 radical (unpaired) electrons. The summed E-state index contributed by atoms with van der Waals surface area (Å²) in [5, 5.41) is 13.0. The summed E-state index contributed by atoms with van der Waals surface area (Å²) >= 11 is 12.0. The van der Waals surface area contributed by atoms with Crippen molar-refractivity contribution >= 4 is 29.1 Å². The van der Waals surface area contributed by atoms with Crippen LogP contribution < -0.4 is 14.8 Å². The molecule has 1 unspecified atom stereocenters. The topological polar surface area (TPSA) is 67.8 Å². The van der Waals surface area contributed by atoms with Crippen LogP contribution in [0.25, 0.3) is 0 Å². The first-order chi connectivity index (χ1) is 11.9. The van der Waals surface area contributed by atoms with Crippen LogP contribution in [-0.2, 0) is 0 Å².